The molecule has 0 aliphatic carbocycles. The highest BCUT2D eigenvalue weighted by atomic mass is 16.5. The van der Waals surface area contributed by atoms with Crippen molar-refractivity contribution < 1.29 is 4.74 Å². The standard InChI is InChI=1S/C11H17N.C6H12O.2C2H6/c1-3-10-6-4-5-7-11(10)8-9-12-2;1-5-7-6(2,3)4;2*1-2/h4-7,12H,3,8-9H2,1-2H3;5H,1H2,2-4H3;2*1-2H3. The number of aryl methyl sites for hydroxylation is 1. The van der Waals surface area contributed by atoms with Crippen molar-refractivity contribution >= 4 is 0 Å². The van der Waals surface area contributed by atoms with Crippen LogP contribution in [0.2, 0.25) is 0 Å². The summed E-state index contributed by atoms with van der Waals surface area (Å²) in [7, 11) is 1.99. The van der Waals surface area contributed by atoms with Crippen molar-refractivity contribution in [1.29, 1.82) is 0 Å². The highest BCUT2D eigenvalue weighted by Gasteiger charge is 2.05. The molecule has 0 aliphatic rings. The molecule has 23 heavy (non-hydrogen) atoms. The van der Waals surface area contributed by atoms with Crippen molar-refractivity contribution in [3.63, 3.8) is 0 Å². The summed E-state index contributed by atoms with van der Waals surface area (Å²) in [5.41, 5.74) is 2.89. The Labute approximate surface area is 146 Å². The third-order valence-corrected chi connectivity index (χ3v) is 2.58. The predicted octanol–water partition coefficient (Wildman–Crippen LogP) is 6.01. The fraction of sp³-hybridized carbons (Fsp3) is 0.619. The van der Waals surface area contributed by atoms with Gasteiger partial charge in [0.1, 0.15) is 0 Å². The summed E-state index contributed by atoms with van der Waals surface area (Å²) in [5.74, 6) is 0. The second-order valence-electron chi connectivity index (χ2n) is 5.37. The summed E-state index contributed by atoms with van der Waals surface area (Å²) >= 11 is 0. The first-order valence-corrected chi connectivity index (χ1v) is 8.94. The summed E-state index contributed by atoms with van der Waals surface area (Å²) in [6.45, 7) is 20.6. The van der Waals surface area contributed by atoms with Crippen LogP contribution in [0.5, 0.6) is 0 Å². The van der Waals surface area contributed by atoms with Crippen LogP contribution in [0.1, 0.15) is 66.5 Å². The number of rotatable bonds is 5. The maximum atomic E-state index is 4.99. The van der Waals surface area contributed by atoms with Crippen LogP contribution < -0.4 is 5.32 Å². The minimum absolute atomic E-state index is 0.0677. The van der Waals surface area contributed by atoms with Gasteiger partial charge in [0.05, 0.1) is 11.9 Å². The lowest BCUT2D eigenvalue weighted by Gasteiger charge is -2.16. The van der Waals surface area contributed by atoms with Gasteiger partial charge in [-0.25, -0.2) is 0 Å². The van der Waals surface area contributed by atoms with Crippen molar-refractivity contribution in [1.82, 2.24) is 5.32 Å². The molecule has 1 aromatic rings. The number of hydrogen-bond donors (Lipinski definition) is 1. The highest BCUT2D eigenvalue weighted by molar-refractivity contribution is 5.27. The Morgan fingerprint density at radius 1 is 1.04 bits per heavy atom. The number of benzene rings is 1. The average molecular weight is 324 g/mol. The molecule has 0 fully saturated rings. The Morgan fingerprint density at radius 3 is 1.83 bits per heavy atom. The number of nitrogens with one attached hydrogen (secondary N) is 1. The lowest BCUT2D eigenvalue weighted by Crippen LogP contribution is -2.14. The quantitative estimate of drug-likeness (QED) is 0.670. The molecule has 0 spiro atoms. The van der Waals surface area contributed by atoms with E-state index >= 15 is 0 Å². The molecule has 2 nitrogen and oxygen atoms in total. The Bertz CT molecular complexity index is 353. The van der Waals surface area contributed by atoms with Gasteiger partial charge in [0.2, 0.25) is 0 Å². The van der Waals surface area contributed by atoms with Gasteiger partial charge < -0.3 is 10.1 Å². The predicted molar refractivity (Wildman–Crippen MR) is 107 cm³/mol. The second kappa shape index (κ2) is 18.8. The maximum Gasteiger partial charge on any atom is 0.0997 e. The SMILES string of the molecule is C=COC(C)(C)C.CC.CC.CCc1ccccc1CCNC. The molecule has 1 rings (SSSR count). The van der Waals surface area contributed by atoms with E-state index in [0.717, 1.165) is 19.4 Å². The van der Waals surface area contributed by atoms with Crippen LogP contribution in [0.3, 0.4) is 0 Å². The van der Waals surface area contributed by atoms with E-state index in [0.29, 0.717) is 0 Å². The molecule has 1 N–H and O–H groups in total. The average Bonchev–Trinajstić information content (AvgIpc) is 2.56. The fourth-order valence-electron chi connectivity index (χ4n) is 1.66. The zero-order chi connectivity index (χ0) is 18.7. The van der Waals surface area contributed by atoms with Gasteiger partial charge in [-0.2, -0.15) is 0 Å². The van der Waals surface area contributed by atoms with Crippen molar-refractivity contribution in [2.45, 2.75) is 73.8 Å². The Morgan fingerprint density at radius 2 is 1.52 bits per heavy atom. The summed E-state index contributed by atoms with van der Waals surface area (Å²) in [4.78, 5) is 0. The van der Waals surface area contributed by atoms with Gasteiger partial charge in [-0.1, -0.05) is 65.5 Å². The first kappa shape index (κ1) is 26.6. The molecule has 0 radical (unpaired) electrons. The van der Waals surface area contributed by atoms with Crippen molar-refractivity contribution in [2.24, 2.45) is 0 Å². The van der Waals surface area contributed by atoms with Crippen LogP contribution >= 0.6 is 0 Å². The van der Waals surface area contributed by atoms with Gasteiger partial charge in [0, 0.05) is 0 Å². The fourth-order valence-corrected chi connectivity index (χ4v) is 1.66. The smallest absolute Gasteiger partial charge is 0.0997 e. The third kappa shape index (κ3) is 18.7. The van der Waals surface area contributed by atoms with Crippen molar-refractivity contribution in [2.75, 3.05) is 13.6 Å². The normalized spacial score (nSPS) is 9.09. The number of likely N-dealkylation sites (N-methyl/N-ethyl adjacent to an activating group) is 1. The van der Waals surface area contributed by atoms with E-state index in [-0.39, 0.29) is 5.60 Å². The van der Waals surface area contributed by atoms with Gasteiger partial charge in [-0.3, -0.25) is 0 Å². The van der Waals surface area contributed by atoms with E-state index in [2.05, 4.69) is 43.1 Å². The van der Waals surface area contributed by atoms with E-state index in [9.17, 15) is 0 Å². The lowest BCUT2D eigenvalue weighted by atomic mass is 10.0. The minimum atomic E-state index is -0.0677. The van der Waals surface area contributed by atoms with E-state index in [4.69, 9.17) is 4.74 Å². The number of ether oxygens (including phenoxy) is 1. The molecule has 0 aromatic heterocycles. The summed E-state index contributed by atoms with van der Waals surface area (Å²) < 4.78 is 4.99. The first-order valence-electron chi connectivity index (χ1n) is 8.94. The lowest BCUT2D eigenvalue weighted by molar-refractivity contribution is 0.0775. The van der Waals surface area contributed by atoms with Gasteiger partial charge in [-0.05, 0) is 58.3 Å². The Hall–Kier alpha value is -1.28. The van der Waals surface area contributed by atoms with E-state index in [1.807, 2.05) is 55.5 Å². The largest absolute Gasteiger partial charge is 0.496 e. The molecule has 0 amide bonds. The maximum absolute atomic E-state index is 4.99. The molecule has 0 aliphatic heterocycles. The van der Waals surface area contributed by atoms with E-state index in [1.165, 1.54) is 17.4 Å². The number of hydrogen-bond acceptors (Lipinski definition) is 2. The van der Waals surface area contributed by atoms with Crippen LogP contribution in [-0.4, -0.2) is 19.2 Å². The van der Waals surface area contributed by atoms with E-state index in [1.54, 1.807) is 0 Å². The molecular weight excluding hydrogens is 282 g/mol. The monoisotopic (exact) mass is 323 g/mol. The van der Waals surface area contributed by atoms with Crippen molar-refractivity contribution in [3.8, 4) is 0 Å². The second-order valence-corrected chi connectivity index (χ2v) is 5.37. The molecular formula is C21H41NO. The summed E-state index contributed by atoms with van der Waals surface area (Å²) in [5, 5.41) is 3.17. The van der Waals surface area contributed by atoms with Gasteiger partial charge in [-0.15, -0.1) is 0 Å². The molecule has 2 heteroatoms. The van der Waals surface area contributed by atoms with Crippen LogP contribution in [0.15, 0.2) is 37.1 Å². The Kier molecular flexibility index (Phi) is 21.7. The molecule has 0 bridgehead atoms. The minimum Gasteiger partial charge on any atom is -0.496 e. The van der Waals surface area contributed by atoms with Gasteiger partial charge >= 0.3 is 0 Å². The first-order chi connectivity index (χ1) is 10.9. The molecule has 0 atom stereocenters. The molecule has 0 saturated carbocycles. The van der Waals surface area contributed by atoms with Crippen LogP contribution in [0.4, 0.5) is 0 Å². The van der Waals surface area contributed by atoms with Crippen LogP contribution in [-0.2, 0) is 17.6 Å². The molecule has 0 unspecified atom stereocenters. The molecule has 0 heterocycles. The zero-order valence-corrected chi connectivity index (χ0v) is 17.1. The van der Waals surface area contributed by atoms with E-state index < -0.39 is 0 Å². The van der Waals surface area contributed by atoms with Crippen molar-refractivity contribution in [3.05, 3.63) is 48.2 Å². The summed E-state index contributed by atoms with van der Waals surface area (Å²) in [6, 6.07) is 8.66. The van der Waals surface area contributed by atoms with Crippen LogP contribution in [0.25, 0.3) is 0 Å². The summed E-state index contributed by atoms with van der Waals surface area (Å²) in [6.07, 6.45) is 3.74. The molecule has 136 valence electrons. The Balaban J connectivity index is -0.000000312. The van der Waals surface area contributed by atoms with Crippen LogP contribution in [0, 0.1) is 0 Å². The van der Waals surface area contributed by atoms with Gasteiger partial charge in [0.15, 0.2) is 0 Å². The van der Waals surface area contributed by atoms with Gasteiger partial charge in [0.25, 0.3) is 0 Å². The third-order valence-electron chi connectivity index (χ3n) is 2.58. The topological polar surface area (TPSA) is 21.3 Å². The zero-order valence-electron chi connectivity index (χ0n) is 17.1. The molecule has 1 aromatic carbocycles. The molecule has 0 saturated heterocycles. The highest BCUT2D eigenvalue weighted by Crippen LogP contribution is 2.09.